The molecule has 2 aromatic rings. The summed E-state index contributed by atoms with van der Waals surface area (Å²) >= 11 is 6.39. The van der Waals surface area contributed by atoms with Crippen LogP contribution in [0.2, 0.25) is 5.02 Å². The number of sulfonamides is 1. The maximum absolute atomic E-state index is 13.5. The van der Waals surface area contributed by atoms with Gasteiger partial charge in [-0.05, 0) is 131 Å². The standard InChI is InChI=1S/C39H54ClN3O6S/c1-25-7-6-9-35(39-48-23-33(24-49-39)42(3)32-14-15-32)34-16-11-29(34)21-43-18-5-4-8-27-19-31(40)13-10-30(27)22-47-37-17-12-28(20-36(37)43)38(44)41-50(45,46)26(25)2/h10,12-13,17,19-20,25-26,29,32-35,39H,4-9,11,14-16,18,21-24H2,1-3H3,(H,41,44)/t25-,26+,29-,33-,34+,35-,39+/m0/s1. The predicted molar refractivity (Wildman–Crippen MR) is 196 cm³/mol. The summed E-state index contributed by atoms with van der Waals surface area (Å²) in [6, 6.07) is 12.3. The van der Waals surface area contributed by atoms with Gasteiger partial charge in [0.05, 0.1) is 30.2 Å². The van der Waals surface area contributed by atoms with Crippen molar-refractivity contribution >= 4 is 33.2 Å². The Balaban J connectivity index is 1.20. The molecule has 3 aliphatic heterocycles. The lowest BCUT2D eigenvalue weighted by Crippen LogP contribution is -2.51. The van der Waals surface area contributed by atoms with Crippen molar-refractivity contribution in [3.63, 3.8) is 0 Å². The van der Waals surface area contributed by atoms with Crippen LogP contribution in [0.5, 0.6) is 5.75 Å². The third-order valence-electron chi connectivity index (χ3n) is 12.4. The summed E-state index contributed by atoms with van der Waals surface area (Å²) in [5, 5.41) is 0.00444. The van der Waals surface area contributed by atoms with Crippen LogP contribution in [-0.2, 0) is 32.5 Å². The van der Waals surface area contributed by atoms with Gasteiger partial charge in [0.2, 0.25) is 10.0 Å². The Labute approximate surface area is 303 Å². The van der Waals surface area contributed by atoms with Crippen molar-refractivity contribution in [2.24, 2.45) is 23.7 Å². The van der Waals surface area contributed by atoms with Crippen LogP contribution < -0.4 is 14.4 Å². The number of carbonyl (C=O) groups excluding carboxylic acids is 1. The first kappa shape index (κ1) is 36.0. The van der Waals surface area contributed by atoms with Crippen LogP contribution in [0, 0.1) is 23.7 Å². The van der Waals surface area contributed by atoms with E-state index in [9.17, 15) is 13.2 Å². The largest absolute Gasteiger partial charge is 0.487 e. The number of anilines is 1. The molecule has 2 bridgehead atoms. The van der Waals surface area contributed by atoms with Gasteiger partial charge in [0.15, 0.2) is 6.29 Å². The lowest BCUT2D eigenvalue weighted by atomic mass is 9.65. The first-order valence-electron chi connectivity index (χ1n) is 18.9. The molecular formula is C39H54ClN3O6S. The molecule has 5 atom stereocenters. The van der Waals surface area contributed by atoms with E-state index >= 15 is 0 Å². The molecule has 0 unspecified atom stereocenters. The number of carbonyl (C=O) groups is 1. The van der Waals surface area contributed by atoms with Crippen molar-refractivity contribution in [1.82, 2.24) is 9.62 Å². The number of halogens is 1. The summed E-state index contributed by atoms with van der Waals surface area (Å²) < 4.78 is 49.1. The van der Waals surface area contributed by atoms with Gasteiger partial charge in [-0.3, -0.25) is 9.69 Å². The second-order valence-electron chi connectivity index (χ2n) is 15.6. The van der Waals surface area contributed by atoms with Crippen LogP contribution in [0.25, 0.3) is 0 Å². The van der Waals surface area contributed by atoms with E-state index in [4.69, 9.17) is 25.8 Å². The van der Waals surface area contributed by atoms with E-state index in [1.165, 1.54) is 18.4 Å². The highest BCUT2D eigenvalue weighted by atomic mass is 35.5. The Morgan fingerprint density at radius 1 is 0.880 bits per heavy atom. The fourth-order valence-electron chi connectivity index (χ4n) is 8.57. The Morgan fingerprint density at radius 3 is 2.42 bits per heavy atom. The summed E-state index contributed by atoms with van der Waals surface area (Å²) in [5.74, 6) is 1.07. The summed E-state index contributed by atoms with van der Waals surface area (Å²) in [6.07, 6.45) is 9.92. The fourth-order valence-corrected chi connectivity index (χ4v) is 10.1. The molecule has 0 radical (unpaired) electrons. The van der Waals surface area contributed by atoms with E-state index in [2.05, 4.69) is 21.6 Å². The fraction of sp³-hybridized carbons (Fsp3) is 0.667. The number of aryl methyl sites for hydroxylation is 1. The Morgan fingerprint density at radius 2 is 1.68 bits per heavy atom. The minimum absolute atomic E-state index is 0.120. The quantitative estimate of drug-likeness (QED) is 0.369. The van der Waals surface area contributed by atoms with Gasteiger partial charge < -0.3 is 19.1 Å². The smallest absolute Gasteiger partial charge is 0.264 e. The lowest BCUT2D eigenvalue weighted by molar-refractivity contribution is -0.242. The van der Waals surface area contributed by atoms with Crippen LogP contribution in [0.1, 0.15) is 93.1 Å². The highest BCUT2D eigenvalue weighted by Gasteiger charge is 2.44. The zero-order valence-electron chi connectivity index (χ0n) is 29.8. The third-order valence-corrected chi connectivity index (χ3v) is 14.5. The topological polar surface area (TPSA) is 97.4 Å². The monoisotopic (exact) mass is 727 g/mol. The van der Waals surface area contributed by atoms with Gasteiger partial charge in [0, 0.05) is 35.6 Å². The van der Waals surface area contributed by atoms with Gasteiger partial charge in [-0.1, -0.05) is 31.0 Å². The van der Waals surface area contributed by atoms with Gasteiger partial charge in [-0.2, -0.15) is 0 Å². The number of fused-ring (bicyclic) bond motifs is 3. The zero-order chi connectivity index (χ0) is 35.0. The van der Waals surface area contributed by atoms with E-state index < -0.39 is 21.2 Å². The molecule has 2 saturated carbocycles. The minimum atomic E-state index is -3.90. The van der Waals surface area contributed by atoms with Gasteiger partial charge >= 0.3 is 0 Å². The molecule has 0 spiro atoms. The zero-order valence-corrected chi connectivity index (χ0v) is 31.4. The number of ether oxygens (including phenoxy) is 3. The molecule has 0 aromatic heterocycles. The minimum Gasteiger partial charge on any atom is -0.487 e. The third kappa shape index (κ3) is 7.99. The maximum atomic E-state index is 13.5. The molecule has 1 amide bonds. The van der Waals surface area contributed by atoms with Crippen molar-refractivity contribution in [2.75, 3.05) is 38.3 Å². The Bertz CT molecular complexity index is 1630. The second kappa shape index (κ2) is 15.3. The molecule has 1 saturated heterocycles. The van der Waals surface area contributed by atoms with E-state index in [-0.39, 0.29) is 24.2 Å². The number of nitrogens with zero attached hydrogens (tertiary/aromatic N) is 2. The average molecular weight is 728 g/mol. The molecule has 1 N–H and O–H groups in total. The summed E-state index contributed by atoms with van der Waals surface area (Å²) in [4.78, 5) is 18.4. The highest BCUT2D eigenvalue weighted by Crippen LogP contribution is 2.46. The molecular weight excluding hydrogens is 674 g/mol. The normalized spacial score (nSPS) is 32.4. The summed E-state index contributed by atoms with van der Waals surface area (Å²) in [6.45, 7) is 7.06. The Kier molecular flexibility index (Phi) is 11.0. The number of rotatable bonds is 3. The number of amides is 1. The first-order valence-corrected chi connectivity index (χ1v) is 20.8. The second-order valence-corrected chi connectivity index (χ2v) is 18.1. The first-order chi connectivity index (χ1) is 24.1. The Hall–Kier alpha value is -2.37. The molecule has 50 heavy (non-hydrogen) atoms. The average Bonchev–Trinajstić information content (AvgIpc) is 3.94. The maximum Gasteiger partial charge on any atom is 0.264 e. The van der Waals surface area contributed by atoms with Crippen LogP contribution in [0.4, 0.5) is 5.69 Å². The molecule has 2 aliphatic carbocycles. The van der Waals surface area contributed by atoms with Gasteiger partial charge in [0.1, 0.15) is 12.4 Å². The van der Waals surface area contributed by atoms with E-state index in [0.717, 1.165) is 80.7 Å². The van der Waals surface area contributed by atoms with E-state index in [0.29, 0.717) is 49.0 Å². The number of likely N-dealkylation sites (N-methyl/N-ethyl adjacent to an activating group) is 1. The van der Waals surface area contributed by atoms with Crippen molar-refractivity contribution in [3.8, 4) is 5.75 Å². The van der Waals surface area contributed by atoms with Crippen molar-refractivity contribution in [2.45, 2.75) is 108 Å². The molecule has 2 aromatic carbocycles. The molecule has 7 rings (SSSR count). The van der Waals surface area contributed by atoms with Crippen molar-refractivity contribution in [3.05, 3.63) is 58.1 Å². The summed E-state index contributed by atoms with van der Waals surface area (Å²) in [5.41, 5.74) is 3.44. The number of nitrogens with one attached hydrogen (secondary N) is 1. The van der Waals surface area contributed by atoms with E-state index in [1.54, 1.807) is 13.0 Å². The predicted octanol–water partition coefficient (Wildman–Crippen LogP) is 6.81. The molecule has 3 fully saturated rings. The van der Waals surface area contributed by atoms with Crippen molar-refractivity contribution < 1.29 is 27.4 Å². The van der Waals surface area contributed by atoms with Gasteiger partial charge in [-0.15, -0.1) is 0 Å². The number of hydrogen-bond acceptors (Lipinski definition) is 8. The SMILES string of the molecule is C[C@@H]1[C@@H](C)CCC[C@H]([C@H]2OC[C@@H](N(C)C3CC3)CO2)[C@@H]2CC[C@H]2CN2CCCCc3cc(Cl)ccc3COc3ccc(cc32)C(=O)NS1(=O)=O. The summed E-state index contributed by atoms with van der Waals surface area (Å²) in [7, 11) is -1.71. The van der Waals surface area contributed by atoms with E-state index in [1.807, 2.05) is 37.3 Å². The number of hydrogen-bond donors (Lipinski definition) is 1. The number of benzene rings is 2. The van der Waals surface area contributed by atoms with Gasteiger partial charge in [-0.25, -0.2) is 13.1 Å². The lowest BCUT2D eigenvalue weighted by Gasteiger charge is -2.48. The van der Waals surface area contributed by atoms with Crippen LogP contribution in [0.15, 0.2) is 36.4 Å². The molecule has 3 heterocycles. The van der Waals surface area contributed by atoms with Crippen LogP contribution in [-0.4, -0.2) is 76.2 Å². The molecule has 9 nitrogen and oxygen atoms in total. The molecule has 274 valence electrons. The van der Waals surface area contributed by atoms with Crippen LogP contribution in [0.3, 0.4) is 0 Å². The molecule has 5 aliphatic rings. The van der Waals surface area contributed by atoms with Crippen LogP contribution >= 0.6 is 11.6 Å². The van der Waals surface area contributed by atoms with Gasteiger partial charge in [0.25, 0.3) is 5.91 Å². The van der Waals surface area contributed by atoms with Crippen molar-refractivity contribution in [1.29, 1.82) is 0 Å². The molecule has 11 heteroatoms. The highest BCUT2D eigenvalue weighted by molar-refractivity contribution is 7.90.